The number of halogens is 2. The summed E-state index contributed by atoms with van der Waals surface area (Å²) in [6.45, 7) is 5.24. The summed E-state index contributed by atoms with van der Waals surface area (Å²) in [6, 6.07) is 4.32. The first-order valence-corrected chi connectivity index (χ1v) is 8.30. The van der Waals surface area contributed by atoms with E-state index in [1.165, 1.54) is 21.8 Å². The number of rotatable bonds is 5. The first kappa shape index (κ1) is 14.4. The zero-order valence-corrected chi connectivity index (χ0v) is 13.4. The highest BCUT2D eigenvalue weighted by atomic mass is 35.5. The summed E-state index contributed by atoms with van der Waals surface area (Å²) in [4.78, 5) is 1.31. The molecule has 2 rings (SSSR count). The predicted octanol–water partition coefficient (Wildman–Crippen LogP) is 5.51. The number of nitrogens with one attached hydrogen (secondary N) is 1. The van der Waals surface area contributed by atoms with Crippen LogP contribution in [0.15, 0.2) is 17.5 Å². The summed E-state index contributed by atoms with van der Waals surface area (Å²) in [5.41, 5.74) is 2.35. The standard InChI is InChI=1S/C13H15Cl2NS2/c1-3-4-16-12(9-5-8(2)17-7-9)10-6-11(14)18-13(10)15/h5-7,12,16H,3-4H2,1-2H3. The van der Waals surface area contributed by atoms with Gasteiger partial charge in [-0.15, -0.1) is 22.7 Å². The second kappa shape index (κ2) is 6.40. The Morgan fingerprint density at radius 1 is 1.33 bits per heavy atom. The SMILES string of the molecule is CCCNC(c1csc(C)c1)c1cc(Cl)sc1Cl. The molecule has 1 atom stereocenters. The molecule has 1 nitrogen and oxygen atoms in total. The molecule has 1 unspecified atom stereocenters. The molecule has 0 saturated heterocycles. The zero-order valence-electron chi connectivity index (χ0n) is 10.3. The minimum absolute atomic E-state index is 0.145. The lowest BCUT2D eigenvalue weighted by molar-refractivity contribution is 0.601. The van der Waals surface area contributed by atoms with Crippen LogP contribution in [0.2, 0.25) is 8.67 Å². The lowest BCUT2D eigenvalue weighted by Gasteiger charge is -2.17. The van der Waals surface area contributed by atoms with Gasteiger partial charge in [0, 0.05) is 10.4 Å². The van der Waals surface area contributed by atoms with E-state index in [0.717, 1.165) is 27.2 Å². The second-order valence-corrected chi connectivity index (χ2v) is 7.56. The molecule has 0 aliphatic carbocycles. The summed E-state index contributed by atoms with van der Waals surface area (Å²) in [5.74, 6) is 0. The van der Waals surface area contributed by atoms with Gasteiger partial charge in [0.2, 0.25) is 0 Å². The first-order chi connectivity index (χ1) is 8.61. The van der Waals surface area contributed by atoms with Gasteiger partial charge >= 0.3 is 0 Å². The van der Waals surface area contributed by atoms with Crippen LogP contribution in [-0.4, -0.2) is 6.54 Å². The largest absolute Gasteiger partial charge is 0.306 e. The Balaban J connectivity index is 2.33. The van der Waals surface area contributed by atoms with Crippen LogP contribution in [0.25, 0.3) is 0 Å². The highest BCUT2D eigenvalue weighted by Crippen LogP contribution is 2.38. The van der Waals surface area contributed by atoms with Gasteiger partial charge < -0.3 is 5.32 Å². The molecular weight excluding hydrogens is 305 g/mol. The van der Waals surface area contributed by atoms with Crippen LogP contribution >= 0.6 is 45.9 Å². The Hall–Kier alpha value is -0.0600. The van der Waals surface area contributed by atoms with Crippen molar-refractivity contribution in [2.45, 2.75) is 26.3 Å². The second-order valence-electron chi connectivity index (χ2n) is 4.16. The molecule has 2 aromatic heterocycles. The van der Waals surface area contributed by atoms with Crippen molar-refractivity contribution in [1.29, 1.82) is 0 Å². The van der Waals surface area contributed by atoms with Gasteiger partial charge in [0.05, 0.1) is 14.7 Å². The molecule has 0 fully saturated rings. The summed E-state index contributed by atoms with van der Waals surface area (Å²) in [5, 5.41) is 5.72. The van der Waals surface area contributed by atoms with Crippen molar-refractivity contribution in [2.75, 3.05) is 6.54 Å². The number of aryl methyl sites for hydroxylation is 1. The van der Waals surface area contributed by atoms with Gasteiger partial charge in [0.25, 0.3) is 0 Å². The van der Waals surface area contributed by atoms with E-state index in [2.05, 4.69) is 30.6 Å². The Morgan fingerprint density at radius 2 is 2.11 bits per heavy atom. The van der Waals surface area contributed by atoms with Crippen molar-refractivity contribution in [3.8, 4) is 0 Å². The molecule has 2 aromatic rings. The summed E-state index contributed by atoms with van der Waals surface area (Å²) in [6.07, 6.45) is 1.09. The Bertz CT molecular complexity index is 519. The average Bonchev–Trinajstić information content (AvgIpc) is 2.87. The number of hydrogen-bond donors (Lipinski definition) is 1. The third-order valence-corrected chi connectivity index (χ3v) is 5.07. The molecule has 0 radical (unpaired) electrons. The van der Waals surface area contributed by atoms with Crippen LogP contribution < -0.4 is 5.32 Å². The van der Waals surface area contributed by atoms with Crippen LogP contribution in [0.1, 0.15) is 35.4 Å². The van der Waals surface area contributed by atoms with Crippen molar-refractivity contribution in [3.05, 3.63) is 42.2 Å². The van der Waals surface area contributed by atoms with E-state index >= 15 is 0 Å². The maximum absolute atomic E-state index is 6.27. The molecule has 0 aromatic carbocycles. The maximum Gasteiger partial charge on any atom is 0.0995 e. The van der Waals surface area contributed by atoms with E-state index in [0.29, 0.717) is 0 Å². The maximum atomic E-state index is 6.27. The van der Waals surface area contributed by atoms with Crippen LogP contribution in [0.3, 0.4) is 0 Å². The molecule has 5 heteroatoms. The smallest absolute Gasteiger partial charge is 0.0995 e. The van der Waals surface area contributed by atoms with Crippen LogP contribution in [0.4, 0.5) is 0 Å². The Morgan fingerprint density at radius 3 is 2.61 bits per heavy atom. The Labute approximate surface area is 126 Å². The molecule has 0 amide bonds. The van der Waals surface area contributed by atoms with E-state index in [9.17, 15) is 0 Å². The third kappa shape index (κ3) is 3.28. The van der Waals surface area contributed by atoms with Gasteiger partial charge in [-0.1, -0.05) is 30.1 Å². The van der Waals surface area contributed by atoms with Gasteiger partial charge in [-0.3, -0.25) is 0 Å². The first-order valence-electron chi connectivity index (χ1n) is 5.85. The lowest BCUT2D eigenvalue weighted by atomic mass is 10.0. The summed E-state index contributed by atoms with van der Waals surface area (Å²) in [7, 11) is 0. The monoisotopic (exact) mass is 319 g/mol. The molecule has 0 bridgehead atoms. The van der Waals surface area contributed by atoms with E-state index in [1.54, 1.807) is 11.3 Å². The molecule has 18 heavy (non-hydrogen) atoms. The number of hydrogen-bond acceptors (Lipinski definition) is 3. The van der Waals surface area contributed by atoms with E-state index in [4.69, 9.17) is 23.2 Å². The van der Waals surface area contributed by atoms with Crippen molar-refractivity contribution in [2.24, 2.45) is 0 Å². The number of thiophene rings is 2. The van der Waals surface area contributed by atoms with Crippen LogP contribution in [-0.2, 0) is 0 Å². The topological polar surface area (TPSA) is 12.0 Å². The summed E-state index contributed by atoms with van der Waals surface area (Å²) >= 11 is 15.5. The van der Waals surface area contributed by atoms with Crippen LogP contribution in [0, 0.1) is 6.92 Å². The molecule has 0 aliphatic heterocycles. The molecule has 1 N–H and O–H groups in total. The fourth-order valence-corrected chi connectivity index (χ4v) is 4.12. The minimum atomic E-state index is 0.145. The fourth-order valence-electron chi connectivity index (χ4n) is 1.86. The highest BCUT2D eigenvalue weighted by molar-refractivity contribution is 7.20. The van der Waals surface area contributed by atoms with Crippen molar-refractivity contribution in [3.63, 3.8) is 0 Å². The highest BCUT2D eigenvalue weighted by Gasteiger charge is 2.19. The van der Waals surface area contributed by atoms with Gasteiger partial charge in [-0.25, -0.2) is 0 Å². The van der Waals surface area contributed by atoms with E-state index in [1.807, 2.05) is 6.07 Å². The molecule has 0 aliphatic rings. The van der Waals surface area contributed by atoms with Crippen molar-refractivity contribution < 1.29 is 0 Å². The van der Waals surface area contributed by atoms with Crippen molar-refractivity contribution in [1.82, 2.24) is 5.32 Å². The molecule has 0 spiro atoms. The zero-order chi connectivity index (χ0) is 13.1. The average molecular weight is 320 g/mol. The van der Waals surface area contributed by atoms with Gasteiger partial charge in [-0.05, 0) is 43.0 Å². The normalized spacial score (nSPS) is 12.9. The van der Waals surface area contributed by atoms with Gasteiger partial charge in [0.15, 0.2) is 0 Å². The van der Waals surface area contributed by atoms with Crippen LogP contribution in [0.5, 0.6) is 0 Å². The molecule has 98 valence electrons. The van der Waals surface area contributed by atoms with Gasteiger partial charge in [0.1, 0.15) is 0 Å². The quantitative estimate of drug-likeness (QED) is 0.765. The Kier molecular flexibility index (Phi) is 5.10. The van der Waals surface area contributed by atoms with E-state index < -0.39 is 0 Å². The van der Waals surface area contributed by atoms with Gasteiger partial charge in [-0.2, -0.15) is 0 Å². The molecule has 0 saturated carbocycles. The molecular formula is C13H15Cl2NS2. The molecule has 2 heterocycles. The third-order valence-electron chi connectivity index (χ3n) is 2.68. The predicted molar refractivity (Wildman–Crippen MR) is 83.5 cm³/mol. The fraction of sp³-hybridized carbons (Fsp3) is 0.385. The van der Waals surface area contributed by atoms with E-state index in [-0.39, 0.29) is 6.04 Å². The lowest BCUT2D eigenvalue weighted by Crippen LogP contribution is -2.22. The van der Waals surface area contributed by atoms with Crippen molar-refractivity contribution >= 4 is 45.9 Å². The summed E-state index contributed by atoms with van der Waals surface area (Å²) < 4.78 is 1.52. The minimum Gasteiger partial charge on any atom is -0.306 e.